The van der Waals surface area contributed by atoms with E-state index in [1.807, 2.05) is 6.07 Å². The molecule has 2 nitrogen and oxygen atoms in total. The fourth-order valence-electron chi connectivity index (χ4n) is 2.29. The minimum Gasteiger partial charge on any atom is -0.458 e. The van der Waals surface area contributed by atoms with Gasteiger partial charge in [-0.05, 0) is 67.6 Å². The van der Waals surface area contributed by atoms with Gasteiger partial charge in [0.1, 0.15) is 5.76 Å². The summed E-state index contributed by atoms with van der Waals surface area (Å²) in [5, 5.41) is 0. The molecule has 0 aliphatic heterocycles. The zero-order valence-corrected chi connectivity index (χ0v) is 11.3. The third-order valence-corrected chi connectivity index (χ3v) is 3.67. The zero-order chi connectivity index (χ0) is 13.3. The lowest BCUT2D eigenvalue weighted by molar-refractivity contribution is 0.109. The summed E-state index contributed by atoms with van der Waals surface area (Å²) >= 11 is 0. The highest BCUT2D eigenvalue weighted by Gasteiger charge is 2.11. The molecular formula is C16H18O2. The number of hydrogen-bond donors (Lipinski definition) is 0. The van der Waals surface area contributed by atoms with Crippen molar-refractivity contribution in [3.05, 3.63) is 57.5 Å². The minimum atomic E-state index is 0.393. The van der Waals surface area contributed by atoms with Crippen LogP contribution in [-0.2, 0) is 6.42 Å². The minimum absolute atomic E-state index is 0.393. The highest BCUT2D eigenvalue weighted by molar-refractivity contribution is 5.70. The Hall–Kier alpha value is -1.83. The van der Waals surface area contributed by atoms with Crippen LogP contribution in [0.4, 0.5) is 0 Å². The van der Waals surface area contributed by atoms with Gasteiger partial charge < -0.3 is 4.42 Å². The molecule has 0 aliphatic rings. The molecule has 0 unspecified atom stereocenters. The standard InChI is InChI=1S/C16H18O2/c1-10-7-11(2)13(4)16(12(10)3)8-14-5-6-15(9-17)18-14/h5-7,9H,8H2,1-4H3. The maximum atomic E-state index is 10.6. The first-order chi connectivity index (χ1) is 8.52. The van der Waals surface area contributed by atoms with E-state index >= 15 is 0 Å². The number of rotatable bonds is 3. The molecule has 94 valence electrons. The summed E-state index contributed by atoms with van der Waals surface area (Å²) in [5.41, 5.74) is 6.52. The Labute approximate surface area is 108 Å². The van der Waals surface area contributed by atoms with Gasteiger partial charge in [-0.15, -0.1) is 0 Å². The second kappa shape index (κ2) is 4.81. The van der Waals surface area contributed by atoms with E-state index in [1.54, 1.807) is 6.07 Å². The maximum Gasteiger partial charge on any atom is 0.185 e. The number of carbonyl (C=O) groups is 1. The van der Waals surface area contributed by atoms with Crippen molar-refractivity contribution in [2.45, 2.75) is 34.1 Å². The van der Waals surface area contributed by atoms with Crippen molar-refractivity contribution in [1.82, 2.24) is 0 Å². The van der Waals surface area contributed by atoms with Crippen molar-refractivity contribution in [2.24, 2.45) is 0 Å². The molecule has 0 atom stereocenters. The maximum absolute atomic E-state index is 10.6. The lowest BCUT2D eigenvalue weighted by Crippen LogP contribution is -1.99. The van der Waals surface area contributed by atoms with Gasteiger partial charge in [-0.1, -0.05) is 6.07 Å². The number of hydrogen-bond acceptors (Lipinski definition) is 2. The Kier molecular flexibility index (Phi) is 3.37. The Morgan fingerprint density at radius 1 is 1.06 bits per heavy atom. The van der Waals surface area contributed by atoms with Crippen molar-refractivity contribution in [2.75, 3.05) is 0 Å². The summed E-state index contributed by atoms with van der Waals surface area (Å²) in [6.07, 6.45) is 1.48. The van der Waals surface area contributed by atoms with Crippen molar-refractivity contribution in [3.63, 3.8) is 0 Å². The predicted molar refractivity (Wildman–Crippen MR) is 72.3 cm³/mol. The van der Waals surface area contributed by atoms with Crippen LogP contribution in [0.2, 0.25) is 0 Å². The number of furan rings is 1. The molecule has 0 fully saturated rings. The largest absolute Gasteiger partial charge is 0.458 e. The quantitative estimate of drug-likeness (QED) is 0.764. The predicted octanol–water partition coefficient (Wildman–Crippen LogP) is 3.92. The smallest absolute Gasteiger partial charge is 0.185 e. The fraction of sp³-hybridized carbons (Fsp3) is 0.312. The molecule has 0 N–H and O–H groups in total. The van der Waals surface area contributed by atoms with Crippen LogP contribution in [0.5, 0.6) is 0 Å². The Morgan fingerprint density at radius 2 is 1.67 bits per heavy atom. The summed E-state index contributed by atoms with van der Waals surface area (Å²) in [6, 6.07) is 5.81. The summed E-state index contributed by atoms with van der Waals surface area (Å²) in [5.74, 6) is 1.23. The second-order valence-corrected chi connectivity index (χ2v) is 4.84. The van der Waals surface area contributed by atoms with Gasteiger partial charge in [0.05, 0.1) is 0 Å². The fourth-order valence-corrected chi connectivity index (χ4v) is 2.29. The Morgan fingerprint density at radius 3 is 2.17 bits per heavy atom. The summed E-state index contributed by atoms with van der Waals surface area (Å²) in [4.78, 5) is 10.6. The van der Waals surface area contributed by atoms with Crippen LogP contribution in [0, 0.1) is 27.7 Å². The van der Waals surface area contributed by atoms with Crippen molar-refractivity contribution < 1.29 is 9.21 Å². The number of aryl methyl sites for hydroxylation is 2. The van der Waals surface area contributed by atoms with E-state index in [2.05, 4.69) is 33.8 Å². The van der Waals surface area contributed by atoms with E-state index in [-0.39, 0.29) is 0 Å². The van der Waals surface area contributed by atoms with E-state index < -0.39 is 0 Å². The van der Waals surface area contributed by atoms with Crippen molar-refractivity contribution in [3.8, 4) is 0 Å². The van der Waals surface area contributed by atoms with E-state index in [4.69, 9.17) is 4.42 Å². The Bertz CT molecular complexity index is 565. The van der Waals surface area contributed by atoms with Crippen LogP contribution >= 0.6 is 0 Å². The van der Waals surface area contributed by atoms with Crippen molar-refractivity contribution >= 4 is 6.29 Å². The molecule has 0 radical (unpaired) electrons. The van der Waals surface area contributed by atoms with Crippen LogP contribution in [-0.4, -0.2) is 6.29 Å². The molecule has 0 spiro atoms. The van der Waals surface area contributed by atoms with Crippen LogP contribution in [0.15, 0.2) is 22.6 Å². The number of benzene rings is 1. The molecule has 0 saturated carbocycles. The molecule has 0 aliphatic carbocycles. The molecule has 1 aromatic heterocycles. The van der Waals surface area contributed by atoms with Crippen molar-refractivity contribution in [1.29, 1.82) is 0 Å². The van der Waals surface area contributed by atoms with Gasteiger partial charge in [0.25, 0.3) is 0 Å². The van der Waals surface area contributed by atoms with E-state index in [0.29, 0.717) is 5.76 Å². The lowest BCUT2D eigenvalue weighted by Gasteiger charge is -2.14. The first-order valence-electron chi connectivity index (χ1n) is 6.13. The third kappa shape index (κ3) is 2.23. The first-order valence-corrected chi connectivity index (χ1v) is 6.13. The van der Waals surface area contributed by atoms with E-state index in [0.717, 1.165) is 18.5 Å². The highest BCUT2D eigenvalue weighted by atomic mass is 16.3. The van der Waals surface area contributed by atoms with E-state index in [9.17, 15) is 4.79 Å². The lowest BCUT2D eigenvalue weighted by atomic mass is 9.92. The average molecular weight is 242 g/mol. The summed E-state index contributed by atoms with van der Waals surface area (Å²) in [7, 11) is 0. The Balaban J connectivity index is 2.42. The molecule has 0 bridgehead atoms. The van der Waals surface area contributed by atoms with Gasteiger partial charge in [-0.25, -0.2) is 0 Å². The van der Waals surface area contributed by atoms with Crippen LogP contribution in [0.1, 0.15) is 44.1 Å². The zero-order valence-electron chi connectivity index (χ0n) is 11.3. The summed E-state index contributed by atoms with van der Waals surface area (Å²) < 4.78 is 5.46. The van der Waals surface area contributed by atoms with Gasteiger partial charge in [0.15, 0.2) is 12.0 Å². The summed E-state index contributed by atoms with van der Waals surface area (Å²) in [6.45, 7) is 8.54. The molecule has 1 aromatic carbocycles. The number of carbonyl (C=O) groups excluding carboxylic acids is 1. The molecule has 2 aromatic rings. The average Bonchev–Trinajstić information content (AvgIpc) is 2.80. The molecule has 2 heteroatoms. The van der Waals surface area contributed by atoms with Gasteiger partial charge in [-0.3, -0.25) is 4.79 Å². The van der Waals surface area contributed by atoms with Gasteiger partial charge >= 0.3 is 0 Å². The van der Waals surface area contributed by atoms with Gasteiger partial charge in [-0.2, -0.15) is 0 Å². The third-order valence-electron chi connectivity index (χ3n) is 3.67. The van der Waals surface area contributed by atoms with Crippen LogP contribution in [0.3, 0.4) is 0 Å². The highest BCUT2D eigenvalue weighted by Crippen LogP contribution is 2.24. The SMILES string of the molecule is Cc1cc(C)c(C)c(Cc2ccc(C=O)o2)c1C. The normalized spacial score (nSPS) is 10.7. The first kappa shape index (κ1) is 12.6. The van der Waals surface area contributed by atoms with E-state index in [1.165, 1.54) is 27.8 Å². The van der Waals surface area contributed by atoms with Crippen LogP contribution < -0.4 is 0 Å². The molecule has 1 heterocycles. The monoisotopic (exact) mass is 242 g/mol. The topological polar surface area (TPSA) is 30.2 Å². The molecule has 0 amide bonds. The molecule has 18 heavy (non-hydrogen) atoms. The van der Waals surface area contributed by atoms with Gasteiger partial charge in [0, 0.05) is 6.42 Å². The second-order valence-electron chi connectivity index (χ2n) is 4.84. The molecule has 2 rings (SSSR count). The molecular weight excluding hydrogens is 224 g/mol. The van der Waals surface area contributed by atoms with Gasteiger partial charge in [0.2, 0.25) is 0 Å². The molecule has 0 saturated heterocycles. The van der Waals surface area contributed by atoms with Crippen LogP contribution in [0.25, 0.3) is 0 Å². The number of aldehydes is 1.